The third-order valence-electron chi connectivity index (χ3n) is 3.80. The van der Waals surface area contributed by atoms with Crippen LogP contribution in [0.15, 0.2) is 66.7 Å². The fourth-order valence-electron chi connectivity index (χ4n) is 2.40. The smallest absolute Gasteiger partial charge is 0.262 e. The highest BCUT2D eigenvalue weighted by molar-refractivity contribution is 6.09. The zero-order chi connectivity index (χ0) is 20.1. The summed E-state index contributed by atoms with van der Waals surface area (Å²) < 4.78 is 44.8. The predicted molar refractivity (Wildman–Crippen MR) is 96.8 cm³/mol. The van der Waals surface area contributed by atoms with Crippen molar-refractivity contribution in [3.63, 3.8) is 0 Å². The van der Waals surface area contributed by atoms with Crippen LogP contribution in [-0.2, 0) is 4.79 Å². The Morgan fingerprint density at radius 3 is 2.00 bits per heavy atom. The molecule has 0 fully saturated rings. The van der Waals surface area contributed by atoms with Crippen molar-refractivity contribution in [3.05, 3.63) is 95.3 Å². The fourth-order valence-corrected chi connectivity index (χ4v) is 2.40. The van der Waals surface area contributed by atoms with Crippen LogP contribution in [0, 0.1) is 17.5 Å². The van der Waals surface area contributed by atoms with E-state index in [0.717, 1.165) is 18.2 Å². The molecule has 1 amide bonds. The summed E-state index contributed by atoms with van der Waals surface area (Å²) in [5.41, 5.74) is 0.422. The van der Waals surface area contributed by atoms with Crippen molar-refractivity contribution in [3.8, 4) is 5.75 Å². The lowest BCUT2D eigenvalue weighted by atomic mass is 10.0. The summed E-state index contributed by atoms with van der Waals surface area (Å²) in [5, 5.41) is 2.21. The molecule has 0 radical (unpaired) electrons. The zero-order valence-electron chi connectivity index (χ0n) is 14.4. The molecule has 3 aromatic carbocycles. The van der Waals surface area contributed by atoms with Gasteiger partial charge in [-0.05, 0) is 60.7 Å². The molecule has 0 atom stereocenters. The summed E-state index contributed by atoms with van der Waals surface area (Å²) >= 11 is 0. The van der Waals surface area contributed by atoms with Crippen molar-refractivity contribution in [2.45, 2.75) is 0 Å². The van der Waals surface area contributed by atoms with Crippen LogP contribution in [-0.4, -0.2) is 18.3 Å². The number of anilines is 1. The van der Waals surface area contributed by atoms with Crippen LogP contribution in [0.2, 0.25) is 0 Å². The minimum atomic E-state index is -0.765. The largest absolute Gasteiger partial charge is 0.484 e. The SMILES string of the molecule is O=C(COc1ccc(C(=O)c2ccc(F)cc2)cc1)Nc1cc(F)ccc1F. The van der Waals surface area contributed by atoms with Crippen LogP contribution < -0.4 is 10.1 Å². The number of hydrogen-bond acceptors (Lipinski definition) is 3. The molecular weight excluding hydrogens is 371 g/mol. The molecule has 0 aliphatic heterocycles. The summed E-state index contributed by atoms with van der Waals surface area (Å²) in [6.07, 6.45) is 0. The Hall–Kier alpha value is -3.61. The first-order chi connectivity index (χ1) is 13.4. The molecular formula is C21H14F3NO3. The van der Waals surface area contributed by atoms with Gasteiger partial charge in [-0.25, -0.2) is 13.2 Å². The van der Waals surface area contributed by atoms with Crippen LogP contribution in [0.1, 0.15) is 15.9 Å². The second-order valence-electron chi connectivity index (χ2n) is 5.82. The highest BCUT2D eigenvalue weighted by Gasteiger charge is 2.11. The summed E-state index contributed by atoms with van der Waals surface area (Å²) in [7, 11) is 0. The first-order valence-electron chi connectivity index (χ1n) is 8.20. The van der Waals surface area contributed by atoms with Gasteiger partial charge in [0.05, 0.1) is 5.69 Å². The van der Waals surface area contributed by atoms with Gasteiger partial charge >= 0.3 is 0 Å². The second-order valence-corrected chi connectivity index (χ2v) is 5.82. The van der Waals surface area contributed by atoms with E-state index in [0.29, 0.717) is 16.9 Å². The monoisotopic (exact) mass is 385 g/mol. The maximum Gasteiger partial charge on any atom is 0.262 e. The average molecular weight is 385 g/mol. The Morgan fingerprint density at radius 2 is 1.36 bits per heavy atom. The standard InChI is InChI=1S/C21H14F3NO3/c22-15-5-1-13(2-6-15)21(27)14-3-8-17(9-4-14)28-12-20(26)25-19-11-16(23)7-10-18(19)24/h1-11H,12H2,(H,25,26). The topological polar surface area (TPSA) is 55.4 Å². The van der Waals surface area contributed by atoms with Gasteiger partial charge in [-0.3, -0.25) is 9.59 Å². The lowest BCUT2D eigenvalue weighted by molar-refractivity contribution is -0.118. The first-order valence-corrected chi connectivity index (χ1v) is 8.20. The molecule has 28 heavy (non-hydrogen) atoms. The Morgan fingerprint density at radius 1 is 0.786 bits per heavy atom. The van der Waals surface area contributed by atoms with E-state index in [2.05, 4.69) is 5.32 Å². The number of benzene rings is 3. The van der Waals surface area contributed by atoms with Crippen molar-refractivity contribution in [2.75, 3.05) is 11.9 Å². The summed E-state index contributed by atoms with van der Waals surface area (Å²) in [6.45, 7) is -0.429. The predicted octanol–water partition coefficient (Wildman–Crippen LogP) is 4.35. The van der Waals surface area contributed by atoms with Gasteiger partial charge in [0, 0.05) is 17.2 Å². The third-order valence-corrected chi connectivity index (χ3v) is 3.80. The van der Waals surface area contributed by atoms with Crippen LogP contribution in [0.5, 0.6) is 5.75 Å². The fraction of sp³-hybridized carbons (Fsp3) is 0.0476. The maximum absolute atomic E-state index is 13.5. The average Bonchev–Trinajstić information content (AvgIpc) is 2.70. The number of ether oxygens (including phenoxy) is 1. The lowest BCUT2D eigenvalue weighted by Gasteiger charge is -2.09. The van der Waals surface area contributed by atoms with Crippen molar-refractivity contribution in [1.29, 1.82) is 0 Å². The summed E-state index contributed by atoms with van der Waals surface area (Å²) in [6, 6.07) is 13.9. The molecule has 7 heteroatoms. The number of carbonyl (C=O) groups is 2. The Balaban J connectivity index is 1.58. The van der Waals surface area contributed by atoms with E-state index in [4.69, 9.17) is 4.74 Å². The van der Waals surface area contributed by atoms with Gasteiger partial charge in [-0.15, -0.1) is 0 Å². The molecule has 0 aromatic heterocycles. The van der Waals surface area contributed by atoms with Crippen molar-refractivity contribution in [2.24, 2.45) is 0 Å². The van der Waals surface area contributed by atoms with E-state index in [-0.39, 0.29) is 11.5 Å². The van der Waals surface area contributed by atoms with Crippen molar-refractivity contribution < 1.29 is 27.5 Å². The number of halogens is 3. The first kappa shape index (κ1) is 19.2. The number of carbonyl (C=O) groups excluding carboxylic acids is 2. The Labute approximate surface area is 158 Å². The number of hydrogen-bond donors (Lipinski definition) is 1. The molecule has 1 N–H and O–H groups in total. The van der Waals surface area contributed by atoms with Gasteiger partial charge in [0.2, 0.25) is 0 Å². The molecule has 142 valence electrons. The molecule has 4 nitrogen and oxygen atoms in total. The highest BCUT2D eigenvalue weighted by Crippen LogP contribution is 2.17. The minimum absolute atomic E-state index is 0.283. The van der Waals surface area contributed by atoms with Gasteiger partial charge in [-0.2, -0.15) is 0 Å². The molecule has 0 bridgehead atoms. The number of ketones is 1. The van der Waals surface area contributed by atoms with Crippen LogP contribution in [0.4, 0.5) is 18.9 Å². The summed E-state index contributed by atoms with van der Waals surface area (Å²) in [5.74, 6) is -2.53. The molecule has 3 rings (SSSR count). The number of amides is 1. The van der Waals surface area contributed by atoms with Gasteiger partial charge < -0.3 is 10.1 Å². The summed E-state index contributed by atoms with van der Waals surface area (Å²) in [4.78, 5) is 24.1. The highest BCUT2D eigenvalue weighted by atomic mass is 19.1. The van der Waals surface area contributed by atoms with Crippen LogP contribution in [0.3, 0.4) is 0 Å². The number of rotatable bonds is 6. The Kier molecular flexibility index (Phi) is 5.74. The van der Waals surface area contributed by atoms with E-state index >= 15 is 0 Å². The van der Waals surface area contributed by atoms with E-state index < -0.39 is 30.0 Å². The lowest BCUT2D eigenvalue weighted by Crippen LogP contribution is -2.20. The van der Waals surface area contributed by atoms with Gasteiger partial charge in [-0.1, -0.05) is 0 Å². The second kappa shape index (κ2) is 8.39. The van der Waals surface area contributed by atoms with Gasteiger partial charge in [0.15, 0.2) is 12.4 Å². The minimum Gasteiger partial charge on any atom is -0.484 e. The van der Waals surface area contributed by atoms with Crippen LogP contribution >= 0.6 is 0 Å². The molecule has 0 spiro atoms. The van der Waals surface area contributed by atoms with E-state index in [1.54, 1.807) is 0 Å². The van der Waals surface area contributed by atoms with E-state index in [1.807, 2.05) is 0 Å². The van der Waals surface area contributed by atoms with E-state index in [1.165, 1.54) is 48.5 Å². The molecule has 3 aromatic rings. The van der Waals surface area contributed by atoms with Gasteiger partial charge in [0.1, 0.15) is 23.2 Å². The van der Waals surface area contributed by atoms with Crippen molar-refractivity contribution in [1.82, 2.24) is 0 Å². The molecule has 0 saturated heterocycles. The zero-order valence-corrected chi connectivity index (χ0v) is 14.4. The molecule has 0 aliphatic rings. The molecule has 0 saturated carbocycles. The van der Waals surface area contributed by atoms with Crippen LogP contribution in [0.25, 0.3) is 0 Å². The molecule has 0 aliphatic carbocycles. The Bertz CT molecular complexity index is 1000. The van der Waals surface area contributed by atoms with Gasteiger partial charge in [0.25, 0.3) is 5.91 Å². The van der Waals surface area contributed by atoms with Crippen molar-refractivity contribution >= 4 is 17.4 Å². The maximum atomic E-state index is 13.5. The molecule has 0 unspecified atom stereocenters. The number of nitrogens with one attached hydrogen (secondary N) is 1. The van der Waals surface area contributed by atoms with E-state index in [9.17, 15) is 22.8 Å². The third kappa shape index (κ3) is 4.76. The molecule has 0 heterocycles. The normalized spacial score (nSPS) is 10.4. The quantitative estimate of drug-likeness (QED) is 0.642.